The Morgan fingerprint density at radius 1 is 1.33 bits per heavy atom. The van der Waals surface area contributed by atoms with Gasteiger partial charge in [0.1, 0.15) is 11.3 Å². The number of hydrogen-bond donors (Lipinski definition) is 1. The minimum absolute atomic E-state index is 0.0897. The predicted molar refractivity (Wildman–Crippen MR) is 78.6 cm³/mol. The normalized spacial score (nSPS) is 15.9. The lowest BCUT2D eigenvalue weighted by Gasteiger charge is -2.26. The molecule has 0 aromatic carbocycles. The van der Waals surface area contributed by atoms with Gasteiger partial charge in [0.15, 0.2) is 5.76 Å². The van der Waals surface area contributed by atoms with Crippen LogP contribution in [0.15, 0.2) is 10.5 Å². The molecular formula is C16H23NO4. The average Bonchev–Trinajstić information content (AvgIpc) is 2.92. The maximum absolute atomic E-state index is 12.4. The number of aryl methyl sites for hydroxylation is 1. The summed E-state index contributed by atoms with van der Waals surface area (Å²) < 4.78 is 5.43. The van der Waals surface area contributed by atoms with Crippen molar-refractivity contribution in [2.75, 3.05) is 13.6 Å². The van der Waals surface area contributed by atoms with Gasteiger partial charge >= 0.3 is 5.97 Å². The molecule has 1 amide bonds. The molecule has 1 heterocycles. The number of aromatic carboxylic acids is 1. The van der Waals surface area contributed by atoms with Gasteiger partial charge in [-0.3, -0.25) is 4.79 Å². The Balaban J connectivity index is 2.06. The summed E-state index contributed by atoms with van der Waals surface area (Å²) >= 11 is 0. The van der Waals surface area contributed by atoms with Crippen LogP contribution in [0, 0.1) is 5.92 Å². The van der Waals surface area contributed by atoms with Crippen LogP contribution < -0.4 is 0 Å². The van der Waals surface area contributed by atoms with Gasteiger partial charge in [0, 0.05) is 26.1 Å². The Hall–Kier alpha value is -1.78. The van der Waals surface area contributed by atoms with E-state index in [4.69, 9.17) is 9.52 Å². The predicted octanol–water partition coefficient (Wildman–Crippen LogP) is 3.19. The lowest BCUT2D eigenvalue weighted by Crippen LogP contribution is -2.32. The van der Waals surface area contributed by atoms with Gasteiger partial charge < -0.3 is 14.4 Å². The van der Waals surface area contributed by atoms with E-state index in [1.54, 1.807) is 11.9 Å². The maximum atomic E-state index is 12.4. The van der Waals surface area contributed by atoms with E-state index in [2.05, 4.69) is 0 Å². The Kier molecular flexibility index (Phi) is 5.04. The quantitative estimate of drug-likeness (QED) is 0.905. The summed E-state index contributed by atoms with van der Waals surface area (Å²) in [4.78, 5) is 25.1. The molecule has 0 radical (unpaired) electrons. The van der Waals surface area contributed by atoms with Gasteiger partial charge in [-0.25, -0.2) is 4.79 Å². The number of carbonyl (C=O) groups excluding carboxylic acids is 1. The summed E-state index contributed by atoms with van der Waals surface area (Å²) in [6, 6.07) is 1.35. The average molecular weight is 293 g/mol. The first-order valence-corrected chi connectivity index (χ1v) is 7.64. The van der Waals surface area contributed by atoms with Crippen LogP contribution in [0.2, 0.25) is 0 Å². The van der Waals surface area contributed by atoms with Crippen molar-refractivity contribution >= 4 is 11.9 Å². The Morgan fingerprint density at radius 3 is 2.52 bits per heavy atom. The van der Waals surface area contributed by atoms with Gasteiger partial charge in [-0.05, 0) is 18.8 Å². The molecule has 0 unspecified atom stereocenters. The Bertz CT molecular complexity index is 514. The number of furan rings is 1. The van der Waals surface area contributed by atoms with Crippen LogP contribution in [0.3, 0.4) is 0 Å². The molecule has 5 nitrogen and oxygen atoms in total. The third-order valence-electron chi connectivity index (χ3n) is 4.17. The lowest BCUT2D eigenvalue weighted by atomic mass is 9.89. The summed E-state index contributed by atoms with van der Waals surface area (Å²) in [6.07, 6.45) is 6.54. The monoisotopic (exact) mass is 293 g/mol. The lowest BCUT2D eigenvalue weighted by molar-refractivity contribution is 0.0691. The van der Waals surface area contributed by atoms with E-state index in [1.165, 1.54) is 25.3 Å². The van der Waals surface area contributed by atoms with Gasteiger partial charge in [-0.2, -0.15) is 0 Å². The molecule has 1 saturated carbocycles. The molecule has 1 aromatic heterocycles. The minimum Gasteiger partial charge on any atom is -0.478 e. The van der Waals surface area contributed by atoms with E-state index >= 15 is 0 Å². The SMILES string of the molecule is CCc1oc(C(=O)N(C)CC2CCCCC2)cc1C(=O)O. The van der Waals surface area contributed by atoms with Gasteiger partial charge in [0.25, 0.3) is 5.91 Å². The summed E-state index contributed by atoms with van der Waals surface area (Å²) in [5.74, 6) is -0.251. The van der Waals surface area contributed by atoms with Gasteiger partial charge in [0.05, 0.1) is 0 Å². The van der Waals surface area contributed by atoms with E-state index in [0.717, 1.165) is 12.8 Å². The van der Waals surface area contributed by atoms with E-state index in [1.807, 2.05) is 6.92 Å². The molecule has 2 rings (SSSR count). The van der Waals surface area contributed by atoms with Crippen molar-refractivity contribution in [3.05, 3.63) is 23.2 Å². The number of carbonyl (C=O) groups is 2. The molecule has 0 atom stereocenters. The van der Waals surface area contributed by atoms with Crippen LogP contribution in [0.25, 0.3) is 0 Å². The first-order chi connectivity index (χ1) is 10.0. The van der Waals surface area contributed by atoms with Gasteiger partial charge in [-0.1, -0.05) is 26.2 Å². The fourth-order valence-corrected chi connectivity index (χ4v) is 3.01. The smallest absolute Gasteiger partial charge is 0.339 e. The molecule has 21 heavy (non-hydrogen) atoms. The molecule has 1 fully saturated rings. The molecule has 1 N–H and O–H groups in total. The number of nitrogens with zero attached hydrogens (tertiary/aromatic N) is 1. The fourth-order valence-electron chi connectivity index (χ4n) is 3.01. The molecule has 1 aromatic rings. The second-order valence-electron chi connectivity index (χ2n) is 5.80. The van der Waals surface area contributed by atoms with Crippen LogP contribution in [-0.2, 0) is 6.42 Å². The number of amides is 1. The van der Waals surface area contributed by atoms with Crippen molar-refractivity contribution in [3.63, 3.8) is 0 Å². The van der Waals surface area contributed by atoms with E-state index in [0.29, 0.717) is 24.6 Å². The second kappa shape index (κ2) is 6.78. The van der Waals surface area contributed by atoms with E-state index in [9.17, 15) is 9.59 Å². The van der Waals surface area contributed by atoms with Crippen LogP contribution in [-0.4, -0.2) is 35.5 Å². The van der Waals surface area contributed by atoms with Crippen LogP contribution in [0.5, 0.6) is 0 Å². The van der Waals surface area contributed by atoms with E-state index in [-0.39, 0.29) is 17.2 Å². The minimum atomic E-state index is -1.05. The van der Waals surface area contributed by atoms with Crippen molar-refractivity contribution in [2.45, 2.75) is 45.4 Å². The topological polar surface area (TPSA) is 70.8 Å². The Labute approximate surface area is 124 Å². The zero-order valence-corrected chi connectivity index (χ0v) is 12.7. The highest BCUT2D eigenvalue weighted by Crippen LogP contribution is 2.25. The van der Waals surface area contributed by atoms with Crippen LogP contribution >= 0.6 is 0 Å². The number of hydrogen-bond acceptors (Lipinski definition) is 3. The number of carboxylic acids is 1. The maximum Gasteiger partial charge on any atom is 0.339 e. The summed E-state index contributed by atoms with van der Waals surface area (Å²) in [7, 11) is 1.76. The molecule has 0 bridgehead atoms. The molecule has 1 aliphatic carbocycles. The second-order valence-corrected chi connectivity index (χ2v) is 5.80. The first kappa shape index (κ1) is 15.6. The zero-order valence-electron chi connectivity index (χ0n) is 12.7. The van der Waals surface area contributed by atoms with Gasteiger partial charge in [-0.15, -0.1) is 0 Å². The van der Waals surface area contributed by atoms with Crippen molar-refractivity contribution < 1.29 is 19.1 Å². The number of carboxylic acid groups (broad SMARTS) is 1. The zero-order chi connectivity index (χ0) is 15.4. The first-order valence-electron chi connectivity index (χ1n) is 7.64. The number of rotatable bonds is 5. The highest BCUT2D eigenvalue weighted by molar-refractivity contribution is 5.96. The summed E-state index contributed by atoms with van der Waals surface area (Å²) in [5, 5.41) is 9.11. The molecule has 5 heteroatoms. The van der Waals surface area contributed by atoms with Crippen LogP contribution in [0.1, 0.15) is 65.7 Å². The molecule has 1 aliphatic rings. The summed E-state index contributed by atoms with van der Waals surface area (Å²) in [5.41, 5.74) is 0.0897. The molecule has 0 aliphatic heterocycles. The third kappa shape index (κ3) is 3.65. The largest absolute Gasteiger partial charge is 0.478 e. The van der Waals surface area contributed by atoms with Crippen molar-refractivity contribution in [1.29, 1.82) is 0 Å². The molecule has 0 saturated heterocycles. The standard InChI is InChI=1S/C16H23NO4/c1-3-13-12(16(19)20)9-14(21-13)15(18)17(2)10-11-7-5-4-6-8-11/h9,11H,3-8,10H2,1-2H3,(H,19,20). The molecule has 116 valence electrons. The van der Waals surface area contributed by atoms with Crippen molar-refractivity contribution in [1.82, 2.24) is 4.90 Å². The molecular weight excluding hydrogens is 270 g/mol. The fraction of sp³-hybridized carbons (Fsp3) is 0.625. The third-order valence-corrected chi connectivity index (χ3v) is 4.17. The van der Waals surface area contributed by atoms with Gasteiger partial charge in [0.2, 0.25) is 0 Å². The van der Waals surface area contributed by atoms with E-state index < -0.39 is 5.97 Å². The molecule has 0 spiro atoms. The van der Waals surface area contributed by atoms with Crippen molar-refractivity contribution in [2.24, 2.45) is 5.92 Å². The Morgan fingerprint density at radius 2 is 2.00 bits per heavy atom. The van der Waals surface area contributed by atoms with Crippen molar-refractivity contribution in [3.8, 4) is 0 Å². The highest BCUT2D eigenvalue weighted by Gasteiger charge is 2.24. The highest BCUT2D eigenvalue weighted by atomic mass is 16.4. The summed E-state index contributed by atoms with van der Waals surface area (Å²) in [6.45, 7) is 2.52. The van der Waals surface area contributed by atoms with Crippen LogP contribution in [0.4, 0.5) is 0 Å².